The molecule has 122 valence electrons. The minimum Gasteiger partial charge on any atom is -0.393 e. The summed E-state index contributed by atoms with van der Waals surface area (Å²) in [4.78, 5) is 4.35. The molecule has 1 aliphatic rings. The predicted octanol–water partition coefficient (Wildman–Crippen LogP) is 2.25. The van der Waals surface area contributed by atoms with Gasteiger partial charge in [-0.15, -0.1) is 0 Å². The summed E-state index contributed by atoms with van der Waals surface area (Å²) in [5.41, 5.74) is 2.33. The molecule has 1 aromatic carbocycles. The van der Waals surface area contributed by atoms with Gasteiger partial charge in [0.2, 0.25) is 10.0 Å². The van der Waals surface area contributed by atoms with E-state index in [0.717, 1.165) is 11.1 Å². The number of nitrogens with one attached hydrogen (secondary N) is 1. The third-order valence-corrected chi connectivity index (χ3v) is 5.76. The van der Waals surface area contributed by atoms with Crippen LogP contribution in [0.3, 0.4) is 0 Å². The Morgan fingerprint density at radius 2 is 2.04 bits per heavy atom. The van der Waals surface area contributed by atoms with E-state index in [0.29, 0.717) is 24.8 Å². The molecule has 0 bridgehead atoms. The van der Waals surface area contributed by atoms with E-state index in [1.807, 2.05) is 19.1 Å². The summed E-state index contributed by atoms with van der Waals surface area (Å²) in [7, 11) is -3.66. The van der Waals surface area contributed by atoms with E-state index in [2.05, 4.69) is 9.71 Å². The van der Waals surface area contributed by atoms with Gasteiger partial charge in [-0.1, -0.05) is 18.2 Å². The molecule has 3 rings (SSSR count). The topological polar surface area (TPSA) is 79.3 Å². The van der Waals surface area contributed by atoms with E-state index in [1.165, 1.54) is 0 Å². The number of sulfonamides is 1. The molecule has 0 unspecified atom stereocenters. The molecule has 2 aromatic rings. The molecular weight excluding hydrogens is 312 g/mol. The molecule has 0 radical (unpaired) electrons. The van der Waals surface area contributed by atoms with Crippen LogP contribution in [-0.4, -0.2) is 30.7 Å². The summed E-state index contributed by atoms with van der Waals surface area (Å²) < 4.78 is 28.4. The molecule has 6 heteroatoms. The van der Waals surface area contributed by atoms with Crippen LogP contribution in [0, 0.1) is 6.92 Å². The molecule has 2 atom stereocenters. The average Bonchev–Trinajstić information content (AvgIpc) is 2.92. The second-order valence-electron chi connectivity index (χ2n) is 5.97. The van der Waals surface area contributed by atoms with Crippen molar-refractivity contribution in [1.29, 1.82) is 0 Å². The van der Waals surface area contributed by atoms with Crippen molar-refractivity contribution in [2.45, 2.75) is 43.2 Å². The standard InChI is InChI=1S/C17H20N2O3S/c1-12-4-2-6-16(17(12)13-5-3-9-18-11-13)23(21,22)19-14-7-8-15(20)10-14/h2-6,9,11,14-15,19-20H,7-8,10H2,1H3/t14-,15+/m1/s1. The lowest BCUT2D eigenvalue weighted by Crippen LogP contribution is -2.33. The first-order valence-electron chi connectivity index (χ1n) is 7.68. The Morgan fingerprint density at radius 3 is 2.70 bits per heavy atom. The molecule has 1 saturated carbocycles. The fourth-order valence-electron chi connectivity index (χ4n) is 3.09. The van der Waals surface area contributed by atoms with Crippen molar-refractivity contribution in [1.82, 2.24) is 9.71 Å². The van der Waals surface area contributed by atoms with Crippen LogP contribution < -0.4 is 4.72 Å². The molecule has 0 spiro atoms. The van der Waals surface area contributed by atoms with E-state index < -0.39 is 16.1 Å². The molecule has 5 nitrogen and oxygen atoms in total. The highest BCUT2D eigenvalue weighted by molar-refractivity contribution is 7.89. The molecule has 2 N–H and O–H groups in total. The summed E-state index contributed by atoms with van der Waals surface area (Å²) in [5, 5.41) is 9.60. The van der Waals surface area contributed by atoms with Crippen LogP contribution in [0.5, 0.6) is 0 Å². The highest BCUT2D eigenvalue weighted by atomic mass is 32.2. The number of nitrogens with zero attached hydrogens (tertiary/aromatic N) is 1. The van der Waals surface area contributed by atoms with Crippen molar-refractivity contribution in [2.75, 3.05) is 0 Å². The van der Waals surface area contributed by atoms with Crippen molar-refractivity contribution in [2.24, 2.45) is 0 Å². The van der Waals surface area contributed by atoms with Gasteiger partial charge in [-0.25, -0.2) is 13.1 Å². The number of hydrogen-bond acceptors (Lipinski definition) is 4. The maximum atomic E-state index is 12.8. The van der Waals surface area contributed by atoms with Crippen molar-refractivity contribution >= 4 is 10.0 Å². The molecule has 0 amide bonds. The Balaban J connectivity index is 2.01. The minimum absolute atomic E-state index is 0.211. The Morgan fingerprint density at radius 1 is 1.22 bits per heavy atom. The number of pyridine rings is 1. The van der Waals surface area contributed by atoms with Crippen LogP contribution in [0.4, 0.5) is 0 Å². The van der Waals surface area contributed by atoms with Gasteiger partial charge in [0, 0.05) is 29.6 Å². The van der Waals surface area contributed by atoms with Crippen molar-refractivity contribution in [3.05, 3.63) is 48.3 Å². The summed E-state index contributed by atoms with van der Waals surface area (Å²) in [6, 6.07) is 8.68. The number of hydrogen-bond donors (Lipinski definition) is 2. The van der Waals surface area contributed by atoms with Crippen LogP contribution in [0.2, 0.25) is 0 Å². The Kier molecular flexibility index (Phi) is 4.48. The van der Waals surface area contributed by atoms with E-state index in [9.17, 15) is 13.5 Å². The highest BCUT2D eigenvalue weighted by Crippen LogP contribution is 2.31. The Hall–Kier alpha value is -1.76. The zero-order valence-electron chi connectivity index (χ0n) is 12.9. The lowest BCUT2D eigenvalue weighted by molar-refractivity contribution is 0.181. The normalized spacial score (nSPS) is 21.5. The fraction of sp³-hybridized carbons (Fsp3) is 0.353. The SMILES string of the molecule is Cc1cccc(S(=O)(=O)N[C@@H]2CC[C@H](O)C2)c1-c1cccnc1. The average molecular weight is 332 g/mol. The third-order valence-electron chi connectivity index (χ3n) is 4.20. The molecule has 0 saturated heterocycles. The fourth-order valence-corrected chi connectivity index (χ4v) is 4.68. The number of aliphatic hydroxyl groups excluding tert-OH is 1. The lowest BCUT2D eigenvalue weighted by Gasteiger charge is -2.17. The van der Waals surface area contributed by atoms with Gasteiger partial charge in [-0.2, -0.15) is 0 Å². The Labute approximate surface area is 136 Å². The molecule has 1 heterocycles. The van der Waals surface area contributed by atoms with Crippen molar-refractivity contribution in [3.8, 4) is 11.1 Å². The van der Waals surface area contributed by atoms with Crippen LogP contribution in [-0.2, 0) is 10.0 Å². The number of aliphatic hydroxyl groups is 1. The maximum absolute atomic E-state index is 12.8. The van der Waals surface area contributed by atoms with Gasteiger partial charge in [0.25, 0.3) is 0 Å². The predicted molar refractivity (Wildman–Crippen MR) is 88.4 cm³/mol. The highest BCUT2D eigenvalue weighted by Gasteiger charge is 2.29. The van der Waals surface area contributed by atoms with Gasteiger partial charge >= 0.3 is 0 Å². The van der Waals surface area contributed by atoms with Gasteiger partial charge in [-0.05, 0) is 43.9 Å². The molecule has 1 aromatic heterocycles. The molecule has 1 aliphatic carbocycles. The monoisotopic (exact) mass is 332 g/mol. The molecule has 23 heavy (non-hydrogen) atoms. The van der Waals surface area contributed by atoms with E-state index in [4.69, 9.17) is 0 Å². The van der Waals surface area contributed by atoms with Crippen LogP contribution >= 0.6 is 0 Å². The summed E-state index contributed by atoms with van der Waals surface area (Å²) in [5.74, 6) is 0. The molecular formula is C17H20N2O3S. The zero-order valence-corrected chi connectivity index (χ0v) is 13.8. The maximum Gasteiger partial charge on any atom is 0.241 e. The quantitative estimate of drug-likeness (QED) is 0.900. The molecule has 1 fully saturated rings. The van der Waals surface area contributed by atoms with E-state index in [1.54, 1.807) is 30.6 Å². The Bertz CT molecular complexity index is 791. The number of aromatic nitrogens is 1. The summed E-state index contributed by atoms with van der Waals surface area (Å²) in [6.07, 6.45) is 4.67. The van der Waals surface area contributed by atoms with E-state index in [-0.39, 0.29) is 10.9 Å². The van der Waals surface area contributed by atoms with Crippen molar-refractivity contribution in [3.63, 3.8) is 0 Å². The second kappa shape index (κ2) is 6.39. The van der Waals surface area contributed by atoms with Crippen LogP contribution in [0.15, 0.2) is 47.6 Å². The summed E-state index contributed by atoms with van der Waals surface area (Å²) >= 11 is 0. The van der Waals surface area contributed by atoms with Gasteiger partial charge in [0.15, 0.2) is 0 Å². The van der Waals surface area contributed by atoms with Gasteiger partial charge in [0.05, 0.1) is 11.0 Å². The second-order valence-corrected chi connectivity index (χ2v) is 7.66. The molecule has 0 aliphatic heterocycles. The number of rotatable bonds is 4. The number of aryl methyl sites for hydroxylation is 1. The first kappa shape index (κ1) is 16.1. The largest absolute Gasteiger partial charge is 0.393 e. The lowest BCUT2D eigenvalue weighted by atomic mass is 10.0. The first-order chi connectivity index (χ1) is 11.0. The number of benzene rings is 1. The van der Waals surface area contributed by atoms with E-state index >= 15 is 0 Å². The van der Waals surface area contributed by atoms with Gasteiger partial charge in [0.1, 0.15) is 0 Å². The van der Waals surface area contributed by atoms with Gasteiger partial charge < -0.3 is 5.11 Å². The first-order valence-corrected chi connectivity index (χ1v) is 9.16. The summed E-state index contributed by atoms with van der Waals surface area (Å²) in [6.45, 7) is 1.89. The zero-order chi connectivity index (χ0) is 16.4. The minimum atomic E-state index is -3.66. The van der Waals surface area contributed by atoms with Crippen LogP contribution in [0.25, 0.3) is 11.1 Å². The van der Waals surface area contributed by atoms with Crippen molar-refractivity contribution < 1.29 is 13.5 Å². The third kappa shape index (κ3) is 3.44. The van der Waals surface area contributed by atoms with Gasteiger partial charge in [-0.3, -0.25) is 4.98 Å². The van der Waals surface area contributed by atoms with Crippen LogP contribution in [0.1, 0.15) is 24.8 Å². The smallest absolute Gasteiger partial charge is 0.241 e.